The first kappa shape index (κ1) is 22.2. The van der Waals surface area contributed by atoms with Gasteiger partial charge in [0.05, 0.1) is 23.3 Å². The molecule has 1 amide bonds. The van der Waals surface area contributed by atoms with Crippen LogP contribution in [0.2, 0.25) is 0 Å². The number of carbonyl (C=O) groups is 1. The van der Waals surface area contributed by atoms with Crippen LogP contribution in [-0.4, -0.2) is 45.7 Å². The van der Waals surface area contributed by atoms with E-state index in [1.165, 1.54) is 12.5 Å². The molecule has 0 saturated carbocycles. The minimum Gasteiger partial charge on any atom is -0.318 e. The third-order valence-corrected chi connectivity index (χ3v) is 8.15. The molecule has 1 aromatic carbocycles. The summed E-state index contributed by atoms with van der Waals surface area (Å²) in [4.78, 5) is 17.8. The number of aliphatic imine (C=N–C) groups is 1. The monoisotopic (exact) mass is 469 g/mol. The van der Waals surface area contributed by atoms with Crippen molar-refractivity contribution in [1.82, 2.24) is 9.47 Å². The van der Waals surface area contributed by atoms with Crippen molar-refractivity contribution in [1.29, 1.82) is 5.41 Å². The van der Waals surface area contributed by atoms with Crippen molar-refractivity contribution in [3.63, 3.8) is 0 Å². The number of nitrogens with zero attached hydrogens (tertiary/aromatic N) is 4. The Kier molecular flexibility index (Phi) is 5.46. The van der Waals surface area contributed by atoms with Crippen LogP contribution in [0.4, 0.5) is 0 Å². The minimum atomic E-state index is -3.68. The van der Waals surface area contributed by atoms with E-state index < -0.39 is 15.7 Å². The molecular weight excluding hydrogens is 446 g/mol. The molecule has 0 unspecified atom stereocenters. The predicted molar refractivity (Wildman–Crippen MR) is 129 cm³/mol. The highest BCUT2D eigenvalue weighted by Gasteiger charge is 2.42. The maximum Gasteiger partial charge on any atom is 0.283 e. The summed E-state index contributed by atoms with van der Waals surface area (Å²) in [5, 5.41) is 8.42. The molecule has 0 atom stereocenters. The lowest BCUT2D eigenvalue weighted by molar-refractivity contribution is -0.114. The van der Waals surface area contributed by atoms with Crippen LogP contribution in [0.25, 0.3) is 11.8 Å². The van der Waals surface area contributed by atoms with E-state index in [0.29, 0.717) is 0 Å². The number of aromatic nitrogens is 1. The molecule has 8 nitrogen and oxygen atoms in total. The Balaban J connectivity index is 1.80. The van der Waals surface area contributed by atoms with E-state index in [2.05, 4.69) is 33.9 Å². The van der Waals surface area contributed by atoms with Gasteiger partial charge in [-0.1, -0.05) is 19.1 Å². The predicted octanol–water partition coefficient (Wildman–Crippen LogP) is 3.72. The average molecular weight is 470 g/mol. The molecule has 166 valence electrons. The number of sulfone groups is 1. The Morgan fingerprint density at radius 3 is 2.59 bits per heavy atom. The smallest absolute Gasteiger partial charge is 0.283 e. The standard InChI is InChI=1S/C22H23N5O3S2/c1-6-32(29,30)22-25-31-21-24-20(28)17(19(23)27(21)22)11-16-10-13(3)26(15(16)5)18-9-7-8-12(2)14(18)4/h7-11,23H,6H2,1-5H3/b17-11-,23-19?. The second-order valence-corrected chi connectivity index (χ2v) is 10.6. The quantitative estimate of drug-likeness (QED) is 0.544. The van der Waals surface area contributed by atoms with E-state index in [-0.39, 0.29) is 27.5 Å². The highest BCUT2D eigenvalue weighted by atomic mass is 32.2. The van der Waals surface area contributed by atoms with Crippen molar-refractivity contribution in [2.75, 3.05) is 5.75 Å². The summed E-state index contributed by atoms with van der Waals surface area (Å²) in [6, 6.07) is 8.06. The second kappa shape index (κ2) is 7.86. The van der Waals surface area contributed by atoms with Crippen LogP contribution in [0.1, 0.15) is 35.0 Å². The van der Waals surface area contributed by atoms with Gasteiger partial charge in [0.25, 0.3) is 5.91 Å². The maximum atomic E-state index is 12.7. The van der Waals surface area contributed by atoms with Gasteiger partial charge in [-0.3, -0.25) is 10.2 Å². The molecule has 2 aromatic rings. The molecule has 3 heterocycles. The molecule has 4 rings (SSSR count). The fraction of sp³-hybridized carbons (Fsp3) is 0.273. The van der Waals surface area contributed by atoms with Gasteiger partial charge in [0.1, 0.15) is 5.84 Å². The van der Waals surface area contributed by atoms with Crippen molar-refractivity contribution >= 4 is 49.9 Å². The molecule has 0 radical (unpaired) electrons. The Morgan fingerprint density at radius 1 is 1.19 bits per heavy atom. The fourth-order valence-corrected chi connectivity index (χ4v) is 5.73. The summed E-state index contributed by atoms with van der Waals surface area (Å²) >= 11 is 0.794. The number of carbonyl (C=O) groups excluding carboxylic acids is 1. The van der Waals surface area contributed by atoms with Crippen molar-refractivity contribution in [3.05, 3.63) is 57.9 Å². The Labute approximate surface area is 191 Å². The number of rotatable bonds is 3. The zero-order valence-corrected chi connectivity index (χ0v) is 20.1. The number of nitrogens with one attached hydrogen (secondary N) is 1. The lowest BCUT2D eigenvalue weighted by Gasteiger charge is -2.24. The summed E-state index contributed by atoms with van der Waals surface area (Å²) in [6.45, 7) is 9.57. The highest BCUT2D eigenvalue weighted by molar-refractivity contribution is 8.16. The van der Waals surface area contributed by atoms with Crippen LogP contribution in [0, 0.1) is 33.1 Å². The van der Waals surface area contributed by atoms with Gasteiger partial charge in [-0.15, -0.1) is 0 Å². The number of amides is 1. The third kappa shape index (κ3) is 3.43. The molecule has 10 heteroatoms. The lowest BCUT2D eigenvalue weighted by atomic mass is 10.1. The molecule has 0 fully saturated rings. The zero-order valence-electron chi connectivity index (χ0n) is 18.4. The van der Waals surface area contributed by atoms with E-state index in [9.17, 15) is 13.2 Å². The van der Waals surface area contributed by atoms with Gasteiger partial charge in [-0.2, -0.15) is 9.39 Å². The molecule has 1 N–H and O–H groups in total. The van der Waals surface area contributed by atoms with Gasteiger partial charge in [-0.05, 0) is 62.6 Å². The van der Waals surface area contributed by atoms with Crippen LogP contribution in [0.15, 0.2) is 39.2 Å². The molecule has 2 aliphatic rings. The number of benzene rings is 1. The van der Waals surface area contributed by atoms with Crippen molar-refractivity contribution < 1.29 is 13.2 Å². The number of aryl methyl sites for hydroxylation is 2. The van der Waals surface area contributed by atoms with E-state index in [1.54, 1.807) is 6.08 Å². The summed E-state index contributed by atoms with van der Waals surface area (Å²) in [7, 11) is -3.68. The Hall–Kier alpha value is -2.98. The topological polar surface area (TPSA) is 108 Å². The molecule has 0 aliphatic carbocycles. The molecule has 1 aromatic heterocycles. The summed E-state index contributed by atoms with van der Waals surface area (Å²) < 4.78 is 30.9. The second-order valence-electron chi connectivity index (χ2n) is 7.69. The summed E-state index contributed by atoms with van der Waals surface area (Å²) in [6.07, 6.45) is 1.61. The number of fused-ring (bicyclic) bond motifs is 1. The molecule has 32 heavy (non-hydrogen) atoms. The first-order valence-electron chi connectivity index (χ1n) is 10.0. The van der Waals surface area contributed by atoms with Crippen LogP contribution in [0.3, 0.4) is 0 Å². The van der Waals surface area contributed by atoms with Crippen molar-refractivity contribution in [3.8, 4) is 5.69 Å². The Bertz CT molecular complexity index is 1380. The third-order valence-electron chi connectivity index (χ3n) is 5.74. The van der Waals surface area contributed by atoms with Gasteiger partial charge in [-0.25, -0.2) is 13.3 Å². The van der Waals surface area contributed by atoms with E-state index >= 15 is 0 Å². The lowest BCUT2D eigenvalue weighted by Crippen LogP contribution is -2.45. The van der Waals surface area contributed by atoms with Crippen LogP contribution in [-0.2, 0) is 14.6 Å². The first-order valence-corrected chi connectivity index (χ1v) is 12.5. The maximum absolute atomic E-state index is 12.7. The Morgan fingerprint density at radius 2 is 1.91 bits per heavy atom. The van der Waals surface area contributed by atoms with Crippen molar-refractivity contribution in [2.24, 2.45) is 9.39 Å². The summed E-state index contributed by atoms with van der Waals surface area (Å²) in [5.41, 5.74) is 6.06. The molecule has 2 aliphatic heterocycles. The van der Waals surface area contributed by atoms with Gasteiger partial charge in [0.15, 0.2) is 0 Å². The van der Waals surface area contributed by atoms with Gasteiger partial charge in [0.2, 0.25) is 20.2 Å². The van der Waals surface area contributed by atoms with Crippen LogP contribution < -0.4 is 0 Å². The van der Waals surface area contributed by atoms with Crippen LogP contribution in [0.5, 0.6) is 0 Å². The normalized spacial score (nSPS) is 17.7. The molecule has 0 spiro atoms. The average Bonchev–Trinajstić information content (AvgIpc) is 3.29. The summed E-state index contributed by atoms with van der Waals surface area (Å²) in [5.74, 6) is -0.985. The molecular formula is C22H23N5O3S2. The van der Waals surface area contributed by atoms with E-state index in [4.69, 9.17) is 5.41 Å². The van der Waals surface area contributed by atoms with Crippen molar-refractivity contribution in [2.45, 2.75) is 34.6 Å². The van der Waals surface area contributed by atoms with Gasteiger partial charge < -0.3 is 4.57 Å². The van der Waals surface area contributed by atoms with Gasteiger partial charge in [0, 0.05) is 17.1 Å². The van der Waals surface area contributed by atoms with E-state index in [0.717, 1.165) is 45.0 Å². The molecule has 0 saturated heterocycles. The number of hydrogen-bond donors (Lipinski definition) is 1. The van der Waals surface area contributed by atoms with E-state index in [1.807, 2.05) is 32.0 Å². The SMILES string of the molecule is CCS(=O)(=O)C1=NSC2=NC(=O)/C(=C\c3cc(C)n(-c4cccc(C)c4C)c3C)C(=N)N21. The fourth-order valence-electron chi connectivity index (χ4n) is 3.77. The minimum absolute atomic E-state index is 0.0245. The van der Waals surface area contributed by atoms with Crippen LogP contribution >= 0.6 is 11.9 Å². The zero-order chi connectivity index (χ0) is 23.4. The molecule has 0 bridgehead atoms. The van der Waals surface area contributed by atoms with Gasteiger partial charge >= 0.3 is 0 Å². The number of hydrogen-bond acceptors (Lipinski definition) is 6. The largest absolute Gasteiger partial charge is 0.318 e. The number of amidine groups is 3. The highest BCUT2D eigenvalue weighted by Crippen LogP contribution is 2.31. The first-order chi connectivity index (χ1) is 15.1.